The summed E-state index contributed by atoms with van der Waals surface area (Å²) in [5.41, 5.74) is 2.60. The molecule has 18 heavy (non-hydrogen) atoms. The van der Waals surface area contributed by atoms with E-state index in [1.807, 2.05) is 20.9 Å². The van der Waals surface area contributed by atoms with E-state index in [0.717, 1.165) is 17.0 Å². The number of carboxylic acid groups (broad SMARTS) is 1. The molecule has 100 valence electrons. The standard InChI is InChI=1S/C12H19N3O3/c1-7-10(8(2)15(5)13-7)6-11(16)14(4)9(3)12(17)18/h9H,6H2,1-5H3,(H,17,18). The number of aryl methyl sites for hydroxylation is 2. The maximum absolute atomic E-state index is 12.0. The molecule has 0 saturated carbocycles. The van der Waals surface area contributed by atoms with Gasteiger partial charge in [-0.15, -0.1) is 0 Å². The molecule has 0 radical (unpaired) electrons. The number of amides is 1. The van der Waals surface area contributed by atoms with Crippen LogP contribution in [-0.2, 0) is 23.1 Å². The summed E-state index contributed by atoms with van der Waals surface area (Å²) in [6, 6.07) is -0.824. The van der Waals surface area contributed by atoms with E-state index in [9.17, 15) is 9.59 Å². The number of nitrogens with zero attached hydrogens (tertiary/aromatic N) is 3. The van der Waals surface area contributed by atoms with Gasteiger partial charge in [0.1, 0.15) is 6.04 Å². The molecule has 0 spiro atoms. The van der Waals surface area contributed by atoms with Crippen molar-refractivity contribution in [1.29, 1.82) is 0 Å². The van der Waals surface area contributed by atoms with Crippen molar-refractivity contribution in [3.8, 4) is 0 Å². The zero-order valence-electron chi connectivity index (χ0n) is 11.4. The van der Waals surface area contributed by atoms with Crippen molar-refractivity contribution in [2.45, 2.75) is 33.2 Å². The third kappa shape index (κ3) is 2.69. The molecular formula is C12H19N3O3. The predicted octanol–water partition coefficient (Wildman–Crippen LogP) is 0.511. The van der Waals surface area contributed by atoms with Gasteiger partial charge in [-0.25, -0.2) is 4.79 Å². The number of carbonyl (C=O) groups is 2. The average molecular weight is 253 g/mol. The zero-order valence-corrected chi connectivity index (χ0v) is 11.4. The lowest BCUT2D eigenvalue weighted by atomic mass is 10.1. The Bertz CT molecular complexity index is 479. The van der Waals surface area contributed by atoms with E-state index in [4.69, 9.17) is 5.11 Å². The Kier molecular flexibility index (Phi) is 4.11. The van der Waals surface area contributed by atoms with Crippen molar-refractivity contribution >= 4 is 11.9 Å². The Balaban J connectivity index is 2.85. The number of aromatic nitrogens is 2. The molecule has 1 rings (SSSR count). The second-order valence-corrected chi connectivity index (χ2v) is 4.47. The van der Waals surface area contributed by atoms with Crippen molar-refractivity contribution in [1.82, 2.24) is 14.7 Å². The van der Waals surface area contributed by atoms with Crippen LogP contribution in [0.3, 0.4) is 0 Å². The minimum absolute atomic E-state index is 0.180. The molecule has 1 amide bonds. The molecule has 1 unspecified atom stereocenters. The smallest absolute Gasteiger partial charge is 0.326 e. The van der Waals surface area contributed by atoms with Crippen LogP contribution in [0.5, 0.6) is 0 Å². The maximum atomic E-state index is 12.0. The highest BCUT2D eigenvalue weighted by Crippen LogP contribution is 2.14. The maximum Gasteiger partial charge on any atom is 0.326 e. The Labute approximate surface area is 106 Å². The van der Waals surface area contributed by atoms with Gasteiger partial charge in [0.15, 0.2) is 0 Å². The van der Waals surface area contributed by atoms with E-state index < -0.39 is 12.0 Å². The van der Waals surface area contributed by atoms with Gasteiger partial charge in [0.05, 0.1) is 12.1 Å². The average Bonchev–Trinajstić information content (AvgIpc) is 2.53. The molecule has 1 N–H and O–H groups in total. The van der Waals surface area contributed by atoms with E-state index in [2.05, 4.69) is 5.10 Å². The molecule has 0 bridgehead atoms. The minimum atomic E-state index is -1.01. The summed E-state index contributed by atoms with van der Waals surface area (Å²) in [6.07, 6.45) is 0.180. The predicted molar refractivity (Wildman–Crippen MR) is 66.3 cm³/mol. The van der Waals surface area contributed by atoms with Gasteiger partial charge < -0.3 is 10.0 Å². The van der Waals surface area contributed by atoms with Crippen LogP contribution in [0.2, 0.25) is 0 Å². The first kappa shape index (κ1) is 14.2. The van der Waals surface area contributed by atoms with Gasteiger partial charge in [0.25, 0.3) is 0 Å². The normalized spacial score (nSPS) is 12.3. The lowest BCUT2D eigenvalue weighted by Crippen LogP contribution is -2.41. The molecule has 0 aromatic carbocycles. The molecule has 0 aliphatic rings. The van der Waals surface area contributed by atoms with E-state index in [1.165, 1.54) is 18.9 Å². The van der Waals surface area contributed by atoms with Crippen LogP contribution < -0.4 is 0 Å². The molecule has 0 aliphatic carbocycles. The number of carboxylic acids is 1. The number of hydrogen-bond acceptors (Lipinski definition) is 3. The minimum Gasteiger partial charge on any atom is -0.480 e. The van der Waals surface area contributed by atoms with Gasteiger partial charge in [0.2, 0.25) is 5.91 Å². The van der Waals surface area contributed by atoms with Gasteiger partial charge in [-0.1, -0.05) is 0 Å². The zero-order chi connectivity index (χ0) is 14.0. The van der Waals surface area contributed by atoms with Crippen molar-refractivity contribution < 1.29 is 14.7 Å². The third-order valence-corrected chi connectivity index (χ3v) is 3.32. The first-order valence-electron chi connectivity index (χ1n) is 5.73. The summed E-state index contributed by atoms with van der Waals surface area (Å²) in [5, 5.41) is 13.1. The second kappa shape index (κ2) is 5.20. The van der Waals surface area contributed by atoms with Crippen molar-refractivity contribution in [2.75, 3.05) is 7.05 Å². The van der Waals surface area contributed by atoms with Gasteiger partial charge >= 0.3 is 5.97 Å². The Morgan fingerprint density at radius 1 is 1.44 bits per heavy atom. The summed E-state index contributed by atoms with van der Waals surface area (Å²) in [4.78, 5) is 24.1. The summed E-state index contributed by atoms with van der Waals surface area (Å²) in [5.74, 6) is -1.23. The van der Waals surface area contributed by atoms with Crippen LogP contribution in [0.4, 0.5) is 0 Å². The third-order valence-electron chi connectivity index (χ3n) is 3.32. The number of aliphatic carboxylic acids is 1. The van der Waals surface area contributed by atoms with Crippen LogP contribution in [0.15, 0.2) is 0 Å². The molecule has 1 aromatic heterocycles. The van der Waals surface area contributed by atoms with Gasteiger partial charge in [-0.3, -0.25) is 9.48 Å². The molecule has 6 heteroatoms. The Morgan fingerprint density at radius 3 is 2.39 bits per heavy atom. The topological polar surface area (TPSA) is 75.4 Å². The Hall–Kier alpha value is -1.85. The SMILES string of the molecule is Cc1nn(C)c(C)c1CC(=O)N(C)C(C)C(=O)O. The molecular weight excluding hydrogens is 234 g/mol. The largest absolute Gasteiger partial charge is 0.480 e. The number of carbonyl (C=O) groups excluding carboxylic acids is 1. The van der Waals surface area contributed by atoms with Crippen LogP contribution in [0.1, 0.15) is 23.9 Å². The fraction of sp³-hybridized carbons (Fsp3) is 0.583. The van der Waals surface area contributed by atoms with Crippen LogP contribution in [0.25, 0.3) is 0 Å². The summed E-state index contributed by atoms with van der Waals surface area (Å²) in [7, 11) is 3.32. The fourth-order valence-corrected chi connectivity index (χ4v) is 1.73. The van der Waals surface area contributed by atoms with E-state index in [-0.39, 0.29) is 12.3 Å². The summed E-state index contributed by atoms with van der Waals surface area (Å²) < 4.78 is 1.72. The first-order valence-corrected chi connectivity index (χ1v) is 5.73. The molecule has 1 heterocycles. The van der Waals surface area contributed by atoms with Gasteiger partial charge in [-0.05, 0) is 20.8 Å². The van der Waals surface area contributed by atoms with Crippen molar-refractivity contribution in [2.24, 2.45) is 7.05 Å². The molecule has 1 aromatic rings. The summed E-state index contributed by atoms with van der Waals surface area (Å²) in [6.45, 7) is 5.22. The van der Waals surface area contributed by atoms with E-state index >= 15 is 0 Å². The number of likely N-dealkylation sites (N-methyl/N-ethyl adjacent to an activating group) is 1. The highest BCUT2D eigenvalue weighted by Gasteiger charge is 2.23. The monoisotopic (exact) mass is 253 g/mol. The van der Waals surface area contributed by atoms with E-state index in [1.54, 1.807) is 4.68 Å². The molecule has 0 fully saturated rings. The van der Waals surface area contributed by atoms with E-state index in [0.29, 0.717) is 0 Å². The summed E-state index contributed by atoms with van der Waals surface area (Å²) >= 11 is 0. The molecule has 0 saturated heterocycles. The van der Waals surface area contributed by atoms with Crippen LogP contribution in [0, 0.1) is 13.8 Å². The van der Waals surface area contributed by atoms with Crippen LogP contribution in [-0.4, -0.2) is 44.8 Å². The molecule has 1 atom stereocenters. The van der Waals surface area contributed by atoms with Crippen molar-refractivity contribution in [3.05, 3.63) is 17.0 Å². The van der Waals surface area contributed by atoms with Crippen LogP contribution >= 0.6 is 0 Å². The molecule has 0 aliphatic heterocycles. The second-order valence-electron chi connectivity index (χ2n) is 4.47. The lowest BCUT2D eigenvalue weighted by Gasteiger charge is -2.21. The van der Waals surface area contributed by atoms with Crippen molar-refractivity contribution in [3.63, 3.8) is 0 Å². The quantitative estimate of drug-likeness (QED) is 0.848. The molecule has 6 nitrogen and oxygen atoms in total. The lowest BCUT2D eigenvalue weighted by molar-refractivity contribution is -0.148. The fourth-order valence-electron chi connectivity index (χ4n) is 1.73. The Morgan fingerprint density at radius 2 is 2.00 bits per heavy atom. The number of rotatable bonds is 4. The number of hydrogen-bond donors (Lipinski definition) is 1. The highest BCUT2D eigenvalue weighted by molar-refractivity contribution is 5.84. The van der Waals surface area contributed by atoms with Gasteiger partial charge in [-0.2, -0.15) is 5.10 Å². The highest BCUT2D eigenvalue weighted by atomic mass is 16.4. The first-order chi connectivity index (χ1) is 8.25. The van der Waals surface area contributed by atoms with Gasteiger partial charge in [0, 0.05) is 25.4 Å².